The number of nitrogens with zero attached hydrogens (tertiary/aromatic N) is 3. The quantitative estimate of drug-likeness (QED) is 0.0772. The molecule has 2 aromatic carbocycles. The minimum Gasteiger partial charge on any atom is -0.464 e. The van der Waals surface area contributed by atoms with E-state index in [1.165, 1.54) is 19.1 Å². The summed E-state index contributed by atoms with van der Waals surface area (Å²) in [4.78, 5) is 55.1. The van der Waals surface area contributed by atoms with Gasteiger partial charge in [0.05, 0.1) is 24.3 Å². The molecule has 2 aliphatic rings. The molecule has 0 radical (unpaired) electrons. The predicted molar refractivity (Wildman–Crippen MR) is 213 cm³/mol. The number of likely N-dealkylation sites (N-methyl/N-ethyl adjacent to an activating group) is 1. The Morgan fingerprint density at radius 3 is 1.97 bits per heavy atom. The van der Waals surface area contributed by atoms with Gasteiger partial charge in [0, 0.05) is 37.6 Å². The predicted octanol–water partition coefficient (Wildman–Crippen LogP) is 3.90. The molecule has 4 aromatic rings. The van der Waals surface area contributed by atoms with Gasteiger partial charge in [-0.1, -0.05) is 58.7 Å². The van der Waals surface area contributed by atoms with E-state index in [4.69, 9.17) is 23.2 Å². The minimum absolute atomic E-state index is 0. The van der Waals surface area contributed by atoms with Crippen molar-refractivity contribution in [2.24, 2.45) is 0 Å². The summed E-state index contributed by atoms with van der Waals surface area (Å²) < 4.78 is 65.1. The van der Waals surface area contributed by atoms with Crippen LogP contribution in [0, 0.1) is 41.4 Å². The number of amides is 1. The molecule has 61 heavy (non-hydrogen) atoms. The molecule has 0 unspecified atom stereocenters. The Labute approximate surface area is 408 Å². The van der Waals surface area contributed by atoms with E-state index in [9.17, 15) is 51.1 Å². The van der Waals surface area contributed by atoms with Crippen LogP contribution in [0.15, 0.2) is 65.3 Å². The number of ketones is 1. The summed E-state index contributed by atoms with van der Waals surface area (Å²) in [6, 6.07) is 18.4. The first kappa shape index (κ1) is 53.4. The topological polar surface area (TPSA) is 156 Å². The molecule has 2 fully saturated rings. The summed E-state index contributed by atoms with van der Waals surface area (Å²) in [6.07, 6.45) is 1.83. The van der Waals surface area contributed by atoms with Crippen molar-refractivity contribution < 1.29 is 112 Å². The van der Waals surface area contributed by atoms with E-state index in [0.717, 1.165) is 24.1 Å². The normalized spacial score (nSPS) is 17.2. The number of ether oxygens (including phenoxy) is 2. The van der Waals surface area contributed by atoms with Crippen LogP contribution in [0.4, 0.5) is 21.7 Å². The van der Waals surface area contributed by atoms with Crippen molar-refractivity contribution in [3.8, 4) is 34.9 Å². The Hall–Kier alpha value is -3.73. The Bertz CT molecular complexity index is 2370. The molecule has 6 rings (SSSR count). The number of hydrogen-bond donors (Lipinski definition) is 2. The van der Waals surface area contributed by atoms with Crippen LogP contribution in [-0.4, -0.2) is 95.3 Å². The zero-order chi connectivity index (χ0) is 44.8. The first-order valence-corrected chi connectivity index (χ1v) is 18.6. The second kappa shape index (κ2) is 24.8. The zero-order valence-electron chi connectivity index (χ0n) is 32.6. The second-order valence-corrected chi connectivity index (χ2v) is 13.9. The number of pyridine rings is 2. The number of methoxy groups -OCH3 is 2. The summed E-state index contributed by atoms with van der Waals surface area (Å²) in [5.41, 5.74) is -1.97. The molecule has 2 aromatic heterocycles. The monoisotopic (exact) mass is 975 g/mol. The number of benzene rings is 2. The fraction of sp³-hybridized carbons (Fsp3) is 0.250. The van der Waals surface area contributed by atoms with Crippen molar-refractivity contribution in [3.63, 3.8) is 0 Å². The third kappa shape index (κ3) is 15.5. The average molecular weight is 977 g/mol. The van der Waals surface area contributed by atoms with Gasteiger partial charge in [0.25, 0.3) is 5.91 Å². The number of carbonyl (C=O) groups is 4. The molecule has 21 heteroatoms. The Morgan fingerprint density at radius 1 is 0.885 bits per heavy atom. The van der Waals surface area contributed by atoms with E-state index in [0.29, 0.717) is 30.5 Å². The van der Waals surface area contributed by atoms with Gasteiger partial charge in [-0.3, -0.25) is 22.5 Å². The maximum Gasteiger partial charge on any atom is 1.00 e. The third-order valence-electron chi connectivity index (χ3n) is 8.16. The first-order chi connectivity index (χ1) is 28.2. The van der Waals surface area contributed by atoms with Crippen molar-refractivity contribution in [1.29, 1.82) is 0 Å². The molecule has 1 saturated carbocycles. The van der Waals surface area contributed by atoms with Gasteiger partial charge in [0.1, 0.15) is 10.3 Å². The number of aromatic nitrogens is 2. The average Bonchev–Trinajstić information content (AvgIpc) is 3.69. The summed E-state index contributed by atoms with van der Waals surface area (Å²) in [5.74, 6) is 7.38. The standard InChI is InChI=1S/C20H16ClFN2O4.C13H11O2.C7H4BrClFNO2.BF3.K/c1-24-9-8-20(27,19(24)26)7-6-12-4-3-5-13(10-12)16-15(22)11-14(21)17(23-16)18(25)28-2;14-12-7-4-9-13(12,15)10-8-11-5-2-1-3-6-11;1-13-7(12)5-3(9)2-4(10)6(8)11-5;2-1(3)4;/h3-5,10-11,27H,8-9H2,1-2H3;1-2,5-6,15H,4,7,9H2;2H,1H3;;/q;-1;;;+1/t20-;13-;;;/m01.../s1. The van der Waals surface area contributed by atoms with Gasteiger partial charge in [0.2, 0.25) is 5.60 Å². The summed E-state index contributed by atoms with van der Waals surface area (Å²) in [5, 5.41) is 20.0. The number of aliphatic hydroxyl groups is 2. The third-order valence-corrected chi connectivity index (χ3v) is 9.29. The van der Waals surface area contributed by atoms with Crippen LogP contribution in [0.5, 0.6) is 0 Å². The number of esters is 2. The molecule has 11 nitrogen and oxygen atoms in total. The number of likely N-dealkylation sites (tertiary alicyclic amines) is 1. The van der Waals surface area contributed by atoms with Crippen LogP contribution < -0.4 is 51.4 Å². The first-order valence-electron chi connectivity index (χ1n) is 17.1. The van der Waals surface area contributed by atoms with Gasteiger partial charge in [-0.15, -0.1) is 5.92 Å². The van der Waals surface area contributed by atoms with Gasteiger partial charge in [-0.05, 0) is 53.0 Å². The molecular weight excluding hydrogens is 946 g/mol. The molecular formula is C40H31BBrCl2F5KN3O8. The molecule has 0 spiro atoms. The molecule has 1 aliphatic carbocycles. The van der Waals surface area contributed by atoms with Gasteiger partial charge >= 0.3 is 70.9 Å². The number of hydrogen-bond acceptors (Lipinski definition) is 10. The molecule has 2 atom stereocenters. The number of Topliss-reactive ketones (excluding diaryl/α,β-unsaturated/α-hetero) is 1. The van der Waals surface area contributed by atoms with E-state index in [1.54, 1.807) is 43.4 Å². The second-order valence-electron chi connectivity index (χ2n) is 12.3. The van der Waals surface area contributed by atoms with Crippen LogP contribution in [0.1, 0.15) is 57.8 Å². The minimum atomic E-state index is -3.67. The van der Waals surface area contributed by atoms with Crippen molar-refractivity contribution in [2.75, 3.05) is 27.8 Å². The van der Waals surface area contributed by atoms with E-state index < -0.39 is 48.2 Å². The van der Waals surface area contributed by atoms with Crippen molar-refractivity contribution in [2.45, 2.75) is 36.9 Å². The van der Waals surface area contributed by atoms with E-state index in [1.807, 2.05) is 12.1 Å². The SMILES string of the molecule is COC(=O)c1nc(-c2cccc(C#C[C@]3(O)CCN(C)C3=O)c2)c(F)cc1Cl.COC(=O)c1nc(Br)c(F)cc1Cl.FB(F)F.O=C1CCC[C@@]1(O)C#Cc1c[c-]ccc1.[K+]. The van der Waals surface area contributed by atoms with Crippen LogP contribution in [0.3, 0.4) is 0 Å². The summed E-state index contributed by atoms with van der Waals surface area (Å²) in [6.45, 7) is 0.417. The van der Waals surface area contributed by atoms with E-state index in [2.05, 4.69) is 65.1 Å². The Balaban J connectivity index is 0.000000327. The van der Waals surface area contributed by atoms with E-state index >= 15 is 0 Å². The van der Waals surface area contributed by atoms with Crippen molar-refractivity contribution in [1.82, 2.24) is 14.9 Å². The molecule has 1 amide bonds. The maximum atomic E-state index is 14.4. The number of halogens is 8. The van der Waals surface area contributed by atoms with Crippen LogP contribution >= 0.6 is 39.1 Å². The number of rotatable bonds is 3. The Kier molecular flexibility index (Phi) is 21.7. The van der Waals surface area contributed by atoms with E-state index in [-0.39, 0.29) is 95.3 Å². The van der Waals surface area contributed by atoms with Gasteiger partial charge in [-0.2, -0.15) is 30.3 Å². The van der Waals surface area contributed by atoms with Crippen molar-refractivity contribution in [3.05, 3.63) is 116 Å². The molecule has 1 aliphatic heterocycles. The van der Waals surface area contributed by atoms with Crippen LogP contribution in [0.25, 0.3) is 11.3 Å². The zero-order valence-corrected chi connectivity index (χ0v) is 38.8. The molecule has 2 N–H and O–H groups in total. The molecule has 314 valence electrons. The Morgan fingerprint density at radius 2 is 1.44 bits per heavy atom. The maximum absolute atomic E-state index is 14.4. The summed E-state index contributed by atoms with van der Waals surface area (Å²) in [7, 11) is 0.292. The fourth-order valence-electron chi connectivity index (χ4n) is 5.11. The molecule has 3 heterocycles. The molecule has 0 bridgehead atoms. The van der Waals surface area contributed by atoms with Gasteiger partial charge in [-0.25, -0.2) is 28.3 Å². The van der Waals surface area contributed by atoms with Crippen molar-refractivity contribution >= 4 is 70.3 Å². The molecule has 1 saturated heterocycles. The van der Waals surface area contributed by atoms with Crippen LogP contribution in [-0.2, 0) is 19.1 Å². The summed E-state index contributed by atoms with van der Waals surface area (Å²) >= 11 is 14.2. The van der Waals surface area contributed by atoms with Gasteiger partial charge in [0.15, 0.2) is 34.4 Å². The smallest absolute Gasteiger partial charge is 0.464 e. The fourth-order valence-corrected chi connectivity index (χ4v) is 5.83. The van der Waals surface area contributed by atoms with Gasteiger partial charge < -0.3 is 24.6 Å². The van der Waals surface area contributed by atoms with Crippen LogP contribution in [0.2, 0.25) is 10.0 Å². The number of carbonyl (C=O) groups excluding carboxylic acids is 4. The largest absolute Gasteiger partial charge is 1.00 e.